The first kappa shape index (κ1) is 9.72. The summed E-state index contributed by atoms with van der Waals surface area (Å²) in [6, 6.07) is 16.1. The van der Waals surface area contributed by atoms with Crippen molar-refractivity contribution in [1.82, 2.24) is 15.4 Å². The van der Waals surface area contributed by atoms with E-state index < -0.39 is 0 Å². The summed E-state index contributed by atoms with van der Waals surface area (Å²) in [4.78, 5) is 0. The van der Waals surface area contributed by atoms with Crippen molar-refractivity contribution in [3.8, 4) is 0 Å². The molecule has 0 atom stereocenters. The third kappa shape index (κ3) is 1.92. The molecule has 0 spiro atoms. The molecule has 0 fully saturated rings. The van der Waals surface area contributed by atoms with Crippen molar-refractivity contribution in [2.24, 2.45) is 0 Å². The minimum absolute atomic E-state index is 0.691. The second-order valence-corrected chi connectivity index (χ2v) is 3.66. The second-order valence-electron chi connectivity index (χ2n) is 3.66. The molecule has 0 saturated heterocycles. The maximum absolute atomic E-state index is 3.91. The molecule has 1 aromatic heterocycles. The molecule has 0 saturated carbocycles. The molecule has 0 unspecified atom stereocenters. The zero-order valence-corrected chi connectivity index (χ0v) is 9.04. The van der Waals surface area contributed by atoms with Crippen LogP contribution in [0.15, 0.2) is 54.7 Å². The Balaban J connectivity index is 2.06. The van der Waals surface area contributed by atoms with Crippen LogP contribution in [0.4, 0.5) is 11.5 Å². The van der Waals surface area contributed by atoms with Gasteiger partial charge in [0.2, 0.25) is 0 Å². The van der Waals surface area contributed by atoms with E-state index in [1.54, 1.807) is 12.3 Å². The lowest BCUT2D eigenvalue weighted by atomic mass is 10.1. The molecular weight excluding hydrogens is 212 g/mol. The largest absolute Gasteiger partial charge is 0.338 e. The highest BCUT2D eigenvalue weighted by atomic mass is 15.3. The lowest BCUT2D eigenvalue weighted by molar-refractivity contribution is 0.871. The predicted octanol–water partition coefficient (Wildman–Crippen LogP) is 2.77. The van der Waals surface area contributed by atoms with Crippen molar-refractivity contribution in [1.29, 1.82) is 0 Å². The number of hydrogen-bond acceptors (Lipinski definition) is 4. The number of aromatic nitrogens is 3. The summed E-state index contributed by atoms with van der Waals surface area (Å²) in [5.74, 6) is 0.691. The maximum Gasteiger partial charge on any atom is 0.156 e. The molecule has 0 aliphatic rings. The van der Waals surface area contributed by atoms with E-state index in [9.17, 15) is 0 Å². The Morgan fingerprint density at radius 3 is 2.65 bits per heavy atom. The molecular formula is C13H10N4. The summed E-state index contributed by atoms with van der Waals surface area (Å²) in [7, 11) is 0. The van der Waals surface area contributed by atoms with Crippen molar-refractivity contribution in [2.45, 2.75) is 0 Å². The van der Waals surface area contributed by atoms with Gasteiger partial charge in [0.1, 0.15) is 0 Å². The van der Waals surface area contributed by atoms with Crippen molar-refractivity contribution in [3.63, 3.8) is 0 Å². The minimum Gasteiger partial charge on any atom is -0.338 e. The van der Waals surface area contributed by atoms with Crippen LogP contribution in [-0.2, 0) is 0 Å². The SMILES string of the molecule is c1ccc2c(Nc3ccnnn3)cccc2c1. The van der Waals surface area contributed by atoms with Crippen LogP contribution in [0.25, 0.3) is 10.8 Å². The topological polar surface area (TPSA) is 50.7 Å². The zero-order valence-electron chi connectivity index (χ0n) is 9.04. The van der Waals surface area contributed by atoms with Gasteiger partial charge in [-0.2, -0.15) is 0 Å². The molecule has 0 bridgehead atoms. The van der Waals surface area contributed by atoms with Crippen molar-refractivity contribution in [2.75, 3.05) is 5.32 Å². The van der Waals surface area contributed by atoms with Crippen LogP contribution in [0.2, 0.25) is 0 Å². The highest BCUT2D eigenvalue weighted by Gasteiger charge is 2.00. The van der Waals surface area contributed by atoms with Gasteiger partial charge in [-0.05, 0) is 16.7 Å². The lowest BCUT2D eigenvalue weighted by Gasteiger charge is -2.07. The lowest BCUT2D eigenvalue weighted by Crippen LogP contribution is -1.96. The average Bonchev–Trinajstić information content (AvgIpc) is 2.40. The number of anilines is 2. The molecule has 2 aromatic carbocycles. The Labute approximate surface area is 98.3 Å². The van der Waals surface area contributed by atoms with E-state index in [1.165, 1.54) is 5.39 Å². The van der Waals surface area contributed by atoms with Gasteiger partial charge in [0.25, 0.3) is 0 Å². The molecule has 0 aliphatic heterocycles. The molecule has 0 amide bonds. The molecule has 3 aromatic rings. The smallest absolute Gasteiger partial charge is 0.156 e. The second kappa shape index (κ2) is 4.17. The van der Waals surface area contributed by atoms with E-state index in [4.69, 9.17) is 0 Å². The molecule has 3 rings (SSSR count). The first-order valence-electron chi connectivity index (χ1n) is 5.33. The van der Waals surface area contributed by atoms with Gasteiger partial charge in [-0.25, -0.2) is 0 Å². The Kier molecular flexibility index (Phi) is 2.38. The minimum atomic E-state index is 0.691. The highest BCUT2D eigenvalue weighted by molar-refractivity contribution is 5.95. The number of fused-ring (bicyclic) bond motifs is 1. The average molecular weight is 222 g/mol. The zero-order chi connectivity index (χ0) is 11.5. The van der Waals surface area contributed by atoms with Crippen LogP contribution in [0, 0.1) is 0 Å². The standard InChI is InChI=1S/C13H10N4/c1-2-6-11-10(4-1)5-3-7-12(11)15-13-8-9-14-17-16-13/h1-9H,(H,14,15,16). The highest BCUT2D eigenvalue weighted by Crippen LogP contribution is 2.24. The predicted molar refractivity (Wildman–Crippen MR) is 67.1 cm³/mol. The fourth-order valence-corrected chi connectivity index (χ4v) is 1.78. The van der Waals surface area contributed by atoms with E-state index in [2.05, 4.69) is 38.9 Å². The number of nitrogens with zero attached hydrogens (tertiary/aromatic N) is 3. The van der Waals surface area contributed by atoms with Gasteiger partial charge in [-0.3, -0.25) is 0 Å². The summed E-state index contributed by atoms with van der Waals surface area (Å²) in [5.41, 5.74) is 1.02. The maximum atomic E-state index is 3.91. The van der Waals surface area contributed by atoms with Gasteiger partial charge in [0.05, 0.1) is 6.20 Å². The van der Waals surface area contributed by atoms with Crippen LogP contribution in [0.5, 0.6) is 0 Å². The quantitative estimate of drug-likeness (QED) is 0.724. The molecule has 0 radical (unpaired) electrons. The summed E-state index contributed by atoms with van der Waals surface area (Å²) in [5, 5.41) is 16.7. The van der Waals surface area contributed by atoms with Gasteiger partial charge in [0, 0.05) is 17.1 Å². The molecule has 0 aliphatic carbocycles. The van der Waals surface area contributed by atoms with Gasteiger partial charge < -0.3 is 5.32 Å². The van der Waals surface area contributed by atoms with E-state index in [-0.39, 0.29) is 0 Å². The summed E-state index contributed by atoms with van der Waals surface area (Å²) >= 11 is 0. The summed E-state index contributed by atoms with van der Waals surface area (Å²) in [6.45, 7) is 0. The van der Waals surface area contributed by atoms with Crippen LogP contribution in [0.1, 0.15) is 0 Å². The van der Waals surface area contributed by atoms with E-state index in [0.717, 1.165) is 11.1 Å². The molecule has 4 heteroatoms. The number of nitrogens with one attached hydrogen (secondary N) is 1. The Bertz CT molecular complexity index is 632. The van der Waals surface area contributed by atoms with Crippen molar-refractivity contribution < 1.29 is 0 Å². The number of hydrogen-bond donors (Lipinski definition) is 1. The fraction of sp³-hybridized carbons (Fsp3) is 0. The molecule has 1 N–H and O–H groups in total. The molecule has 1 heterocycles. The molecule has 82 valence electrons. The number of rotatable bonds is 2. The van der Waals surface area contributed by atoms with Gasteiger partial charge in [0.15, 0.2) is 5.82 Å². The third-order valence-electron chi connectivity index (χ3n) is 2.56. The third-order valence-corrected chi connectivity index (χ3v) is 2.56. The molecule has 4 nitrogen and oxygen atoms in total. The summed E-state index contributed by atoms with van der Waals surface area (Å²) in [6.07, 6.45) is 1.61. The molecule has 17 heavy (non-hydrogen) atoms. The van der Waals surface area contributed by atoms with Gasteiger partial charge >= 0.3 is 0 Å². The fourth-order valence-electron chi connectivity index (χ4n) is 1.78. The Morgan fingerprint density at radius 1 is 0.882 bits per heavy atom. The van der Waals surface area contributed by atoms with Crippen LogP contribution >= 0.6 is 0 Å². The van der Waals surface area contributed by atoms with Gasteiger partial charge in [-0.15, -0.1) is 10.2 Å². The van der Waals surface area contributed by atoms with Crippen LogP contribution < -0.4 is 5.32 Å². The normalized spacial score (nSPS) is 10.4. The van der Waals surface area contributed by atoms with Crippen molar-refractivity contribution in [3.05, 3.63) is 54.7 Å². The first-order chi connectivity index (χ1) is 8.43. The van der Waals surface area contributed by atoms with E-state index in [1.807, 2.05) is 24.3 Å². The van der Waals surface area contributed by atoms with Gasteiger partial charge in [-0.1, -0.05) is 36.4 Å². The van der Waals surface area contributed by atoms with E-state index in [0.29, 0.717) is 5.82 Å². The van der Waals surface area contributed by atoms with E-state index >= 15 is 0 Å². The van der Waals surface area contributed by atoms with Crippen molar-refractivity contribution >= 4 is 22.3 Å². The van der Waals surface area contributed by atoms with Crippen LogP contribution in [-0.4, -0.2) is 15.4 Å². The van der Waals surface area contributed by atoms with Crippen LogP contribution in [0.3, 0.4) is 0 Å². The Morgan fingerprint density at radius 2 is 1.76 bits per heavy atom. The monoisotopic (exact) mass is 222 g/mol. The Hall–Kier alpha value is -2.49. The summed E-state index contributed by atoms with van der Waals surface area (Å²) < 4.78 is 0. The first-order valence-corrected chi connectivity index (χ1v) is 5.33. The number of benzene rings is 2.